The minimum atomic E-state index is 0.0138. The van der Waals surface area contributed by atoms with Crippen molar-refractivity contribution in [1.29, 1.82) is 0 Å². The minimum absolute atomic E-state index is 0.0138. The molecule has 0 radical (unpaired) electrons. The van der Waals surface area contributed by atoms with Crippen molar-refractivity contribution < 1.29 is 9.59 Å². The van der Waals surface area contributed by atoms with Gasteiger partial charge in [0.15, 0.2) is 11.6 Å². The summed E-state index contributed by atoms with van der Waals surface area (Å²) in [6, 6.07) is 34.3. The molecule has 0 aromatic heterocycles. The van der Waals surface area contributed by atoms with Gasteiger partial charge in [-0.15, -0.1) is 0 Å². The first-order valence-electron chi connectivity index (χ1n) is 10.6. The molecule has 0 saturated carbocycles. The highest BCUT2D eigenvalue weighted by Crippen LogP contribution is 2.32. The first-order valence-corrected chi connectivity index (χ1v) is 10.6. The Balaban J connectivity index is 1.66. The van der Waals surface area contributed by atoms with Crippen molar-refractivity contribution in [1.82, 2.24) is 0 Å². The summed E-state index contributed by atoms with van der Waals surface area (Å²) in [6.45, 7) is 2.12. The van der Waals surface area contributed by atoms with Crippen LogP contribution in [-0.4, -0.2) is 11.6 Å². The summed E-state index contributed by atoms with van der Waals surface area (Å²) < 4.78 is 0. The van der Waals surface area contributed by atoms with E-state index in [2.05, 4.69) is 6.92 Å². The summed E-state index contributed by atoms with van der Waals surface area (Å²) in [5, 5.41) is 0. The van der Waals surface area contributed by atoms with Crippen molar-refractivity contribution in [2.75, 3.05) is 0 Å². The first kappa shape index (κ1) is 20.5. The van der Waals surface area contributed by atoms with Crippen LogP contribution in [0.1, 0.15) is 62.2 Å². The molecule has 1 atom stereocenters. The van der Waals surface area contributed by atoms with E-state index in [4.69, 9.17) is 0 Å². The van der Waals surface area contributed by atoms with E-state index in [1.807, 2.05) is 109 Å². The van der Waals surface area contributed by atoms with Crippen molar-refractivity contribution in [2.24, 2.45) is 0 Å². The van der Waals surface area contributed by atoms with Crippen LogP contribution in [0.2, 0.25) is 0 Å². The molecule has 4 aromatic carbocycles. The highest BCUT2D eigenvalue weighted by molar-refractivity contribution is 6.10. The van der Waals surface area contributed by atoms with Gasteiger partial charge in [-0.25, -0.2) is 0 Å². The van der Waals surface area contributed by atoms with E-state index >= 15 is 0 Å². The van der Waals surface area contributed by atoms with Gasteiger partial charge in [-0.3, -0.25) is 9.59 Å². The molecule has 0 amide bonds. The van der Waals surface area contributed by atoms with Crippen LogP contribution < -0.4 is 0 Å². The molecule has 152 valence electrons. The third-order valence-corrected chi connectivity index (χ3v) is 5.64. The Morgan fingerprint density at radius 1 is 0.581 bits per heavy atom. The number of benzene rings is 4. The maximum Gasteiger partial charge on any atom is 0.193 e. The zero-order chi connectivity index (χ0) is 21.6. The Morgan fingerprint density at radius 2 is 1.06 bits per heavy atom. The van der Waals surface area contributed by atoms with E-state index < -0.39 is 0 Å². The van der Waals surface area contributed by atoms with Crippen molar-refractivity contribution in [3.63, 3.8) is 0 Å². The third-order valence-electron chi connectivity index (χ3n) is 5.64. The van der Waals surface area contributed by atoms with Crippen LogP contribution in [0.3, 0.4) is 0 Å². The van der Waals surface area contributed by atoms with Gasteiger partial charge in [0, 0.05) is 28.2 Å². The van der Waals surface area contributed by atoms with Crippen LogP contribution in [0.15, 0.2) is 109 Å². The molecule has 0 N–H and O–H groups in total. The number of rotatable bonds is 7. The lowest BCUT2D eigenvalue weighted by Crippen LogP contribution is -2.10. The zero-order valence-corrected chi connectivity index (χ0v) is 17.5. The summed E-state index contributed by atoms with van der Waals surface area (Å²) >= 11 is 0. The van der Waals surface area contributed by atoms with Gasteiger partial charge in [-0.05, 0) is 17.5 Å². The van der Waals surface area contributed by atoms with Crippen LogP contribution >= 0.6 is 0 Å². The van der Waals surface area contributed by atoms with Gasteiger partial charge in [0.2, 0.25) is 0 Å². The molecule has 2 nitrogen and oxygen atoms in total. The van der Waals surface area contributed by atoms with Gasteiger partial charge >= 0.3 is 0 Å². The summed E-state index contributed by atoms with van der Waals surface area (Å²) in [7, 11) is 0. The van der Waals surface area contributed by atoms with Crippen LogP contribution in [0.5, 0.6) is 0 Å². The molecule has 0 saturated heterocycles. The Hall–Kier alpha value is -3.78. The molecule has 0 bridgehead atoms. The number of carbonyl (C=O) groups is 2. The lowest BCUT2D eigenvalue weighted by atomic mass is 9.84. The highest BCUT2D eigenvalue weighted by atomic mass is 16.1. The lowest BCUT2D eigenvalue weighted by Gasteiger charge is -2.19. The quantitative estimate of drug-likeness (QED) is 0.322. The lowest BCUT2D eigenvalue weighted by molar-refractivity contribution is 0.103. The molecule has 0 aliphatic rings. The fourth-order valence-corrected chi connectivity index (χ4v) is 4.01. The predicted octanol–water partition coefficient (Wildman–Crippen LogP) is 6.69. The van der Waals surface area contributed by atoms with E-state index in [1.54, 1.807) is 0 Å². The number of carbonyl (C=O) groups excluding carboxylic acids is 2. The Bertz CT molecular complexity index is 1180. The summed E-state index contributed by atoms with van der Waals surface area (Å²) in [6.07, 6.45) is 0.852. The molecular weight excluding hydrogens is 380 g/mol. The van der Waals surface area contributed by atoms with Crippen molar-refractivity contribution in [2.45, 2.75) is 19.3 Å². The molecule has 0 fully saturated rings. The van der Waals surface area contributed by atoms with Crippen molar-refractivity contribution in [3.05, 3.63) is 143 Å². The number of hydrogen-bond donors (Lipinski definition) is 0. The fourth-order valence-electron chi connectivity index (χ4n) is 4.01. The molecule has 4 aromatic rings. The standard InChI is InChI=1S/C29H24O2/c1-2-25(21-17-19-24(20-18-21)28(30)22-11-5-3-6-12-22)26-15-9-10-16-27(26)29(31)23-13-7-4-8-14-23/h3-20,25H,2H2,1H3. The monoisotopic (exact) mass is 404 g/mol. The molecule has 2 heteroatoms. The summed E-state index contributed by atoms with van der Waals surface area (Å²) in [5.41, 5.74) is 4.87. The molecule has 31 heavy (non-hydrogen) atoms. The van der Waals surface area contributed by atoms with E-state index in [1.165, 1.54) is 0 Å². The molecule has 4 rings (SSSR count). The summed E-state index contributed by atoms with van der Waals surface area (Å²) in [4.78, 5) is 25.9. The van der Waals surface area contributed by atoms with E-state index in [9.17, 15) is 9.59 Å². The maximum atomic E-state index is 13.2. The van der Waals surface area contributed by atoms with Gasteiger partial charge in [0.25, 0.3) is 0 Å². The smallest absolute Gasteiger partial charge is 0.193 e. The Morgan fingerprint density at radius 3 is 1.65 bits per heavy atom. The van der Waals surface area contributed by atoms with Crippen molar-refractivity contribution >= 4 is 11.6 Å². The average molecular weight is 405 g/mol. The molecule has 0 heterocycles. The first-order chi connectivity index (χ1) is 15.2. The second-order valence-electron chi connectivity index (χ2n) is 7.56. The Labute approximate surface area is 183 Å². The van der Waals surface area contributed by atoms with E-state index in [-0.39, 0.29) is 17.5 Å². The van der Waals surface area contributed by atoms with E-state index in [0.29, 0.717) is 16.7 Å². The molecule has 0 spiro atoms. The van der Waals surface area contributed by atoms with Crippen LogP contribution in [0.25, 0.3) is 0 Å². The largest absolute Gasteiger partial charge is 0.289 e. The van der Waals surface area contributed by atoms with Crippen LogP contribution in [-0.2, 0) is 0 Å². The van der Waals surface area contributed by atoms with E-state index in [0.717, 1.165) is 23.1 Å². The van der Waals surface area contributed by atoms with Gasteiger partial charge in [0.1, 0.15) is 0 Å². The predicted molar refractivity (Wildman–Crippen MR) is 125 cm³/mol. The maximum absolute atomic E-state index is 13.2. The van der Waals surface area contributed by atoms with Gasteiger partial charge in [-0.2, -0.15) is 0 Å². The molecular formula is C29H24O2. The van der Waals surface area contributed by atoms with Gasteiger partial charge in [0.05, 0.1) is 0 Å². The normalized spacial score (nSPS) is 11.6. The topological polar surface area (TPSA) is 34.1 Å². The zero-order valence-electron chi connectivity index (χ0n) is 17.5. The number of ketones is 2. The van der Waals surface area contributed by atoms with Crippen LogP contribution in [0.4, 0.5) is 0 Å². The molecule has 0 aliphatic carbocycles. The Kier molecular flexibility index (Phi) is 6.18. The molecule has 1 unspecified atom stereocenters. The highest BCUT2D eigenvalue weighted by Gasteiger charge is 2.20. The minimum Gasteiger partial charge on any atom is -0.289 e. The SMILES string of the molecule is CCC(c1ccc(C(=O)c2ccccc2)cc1)c1ccccc1C(=O)c1ccccc1. The molecule has 0 aliphatic heterocycles. The third kappa shape index (κ3) is 4.39. The van der Waals surface area contributed by atoms with Crippen LogP contribution in [0, 0.1) is 0 Å². The second kappa shape index (κ2) is 9.36. The second-order valence-corrected chi connectivity index (χ2v) is 7.56. The fraction of sp³-hybridized carbons (Fsp3) is 0.103. The number of hydrogen-bond acceptors (Lipinski definition) is 2. The van der Waals surface area contributed by atoms with Crippen molar-refractivity contribution in [3.8, 4) is 0 Å². The summed E-state index contributed by atoms with van der Waals surface area (Å²) in [5.74, 6) is 0.120. The van der Waals surface area contributed by atoms with Gasteiger partial charge < -0.3 is 0 Å². The van der Waals surface area contributed by atoms with Gasteiger partial charge in [-0.1, -0.05) is 116 Å². The average Bonchev–Trinajstić information content (AvgIpc) is 2.85.